The molecule has 3 N–H and O–H groups in total. The molecule has 3 aromatic rings. The zero-order valence-electron chi connectivity index (χ0n) is 17.9. The Kier molecular flexibility index (Phi) is 6.33. The fourth-order valence-corrected chi connectivity index (χ4v) is 3.80. The average molecular weight is 490 g/mol. The summed E-state index contributed by atoms with van der Waals surface area (Å²) in [4.78, 5) is 37.0. The Morgan fingerprint density at radius 3 is 2.31 bits per heavy atom. The van der Waals surface area contributed by atoms with Crippen molar-refractivity contribution < 1.29 is 36.7 Å². The van der Waals surface area contributed by atoms with Gasteiger partial charge in [0.25, 0.3) is 5.91 Å². The second-order valence-electron chi connectivity index (χ2n) is 8.11. The summed E-state index contributed by atoms with van der Waals surface area (Å²) < 4.78 is 60.6. The second kappa shape index (κ2) is 9.24. The molecule has 182 valence electrons. The third-order valence-electron chi connectivity index (χ3n) is 5.72. The number of carbonyl (C=O) groups is 2. The lowest BCUT2D eigenvalue weighted by Gasteiger charge is -2.22. The van der Waals surface area contributed by atoms with Crippen molar-refractivity contribution in [2.75, 3.05) is 6.54 Å². The van der Waals surface area contributed by atoms with Crippen LogP contribution in [0.15, 0.2) is 57.7 Å². The van der Waals surface area contributed by atoms with Gasteiger partial charge in [-0.1, -0.05) is 6.07 Å². The molecule has 4 rings (SSSR count). The molecule has 1 saturated carbocycles. The smallest absolute Gasteiger partial charge is 0.340 e. The molecule has 0 spiro atoms. The molecule has 11 heteroatoms. The molecule has 0 radical (unpaired) electrons. The Balaban J connectivity index is 1.58. The van der Waals surface area contributed by atoms with Crippen LogP contribution in [0.5, 0.6) is 5.75 Å². The summed E-state index contributed by atoms with van der Waals surface area (Å²) in [6.45, 7) is -0.422. The number of carbonyl (C=O) groups excluding carboxylic acids is 2. The van der Waals surface area contributed by atoms with Crippen molar-refractivity contribution in [3.8, 4) is 5.75 Å². The van der Waals surface area contributed by atoms with E-state index in [2.05, 4.69) is 10.6 Å². The van der Waals surface area contributed by atoms with Crippen LogP contribution in [-0.4, -0.2) is 23.5 Å². The molecule has 0 bridgehead atoms. The lowest BCUT2D eigenvalue weighted by Crippen LogP contribution is -2.42. The van der Waals surface area contributed by atoms with Gasteiger partial charge in [0.2, 0.25) is 5.91 Å². The van der Waals surface area contributed by atoms with Crippen LogP contribution in [0.2, 0.25) is 0 Å². The first-order valence-corrected chi connectivity index (χ1v) is 10.4. The van der Waals surface area contributed by atoms with Gasteiger partial charge >= 0.3 is 5.63 Å². The quantitative estimate of drug-likeness (QED) is 0.441. The molecule has 1 aromatic heterocycles. The number of nitrogens with one attached hydrogen (secondary N) is 2. The zero-order valence-corrected chi connectivity index (χ0v) is 17.9. The molecule has 1 aliphatic carbocycles. The van der Waals surface area contributed by atoms with Crippen LogP contribution in [0.3, 0.4) is 0 Å². The molecule has 0 aliphatic heterocycles. The third-order valence-corrected chi connectivity index (χ3v) is 5.72. The monoisotopic (exact) mass is 490 g/mol. The standard InChI is InChI=1S/C24H18F4N2O5/c25-12-2-4-17(27)16(7-12)24(5-6-24)23(34)29-11-19(15-3-1-13(26)8-18(15)28)30-22(33)20-9-14(31)10-21(32)35-20/h1-4,7-10,19,31H,5-6,11H2,(H,29,34)(H,30,33). The molecule has 2 amide bonds. The molecule has 1 aliphatic rings. The van der Waals surface area contributed by atoms with Gasteiger partial charge in [0.05, 0.1) is 17.5 Å². The van der Waals surface area contributed by atoms with Crippen LogP contribution in [0.4, 0.5) is 17.6 Å². The van der Waals surface area contributed by atoms with Crippen molar-refractivity contribution in [2.45, 2.75) is 24.3 Å². The number of benzene rings is 2. The molecule has 1 atom stereocenters. The summed E-state index contributed by atoms with van der Waals surface area (Å²) >= 11 is 0. The highest BCUT2D eigenvalue weighted by Gasteiger charge is 2.53. The first kappa shape index (κ1) is 24.0. The molecule has 7 nitrogen and oxygen atoms in total. The number of hydrogen-bond acceptors (Lipinski definition) is 5. The van der Waals surface area contributed by atoms with Gasteiger partial charge < -0.3 is 20.2 Å². The lowest BCUT2D eigenvalue weighted by molar-refractivity contribution is -0.123. The zero-order chi connectivity index (χ0) is 25.3. The minimum atomic E-state index is -1.32. The van der Waals surface area contributed by atoms with E-state index in [1.807, 2.05) is 0 Å². The maximum Gasteiger partial charge on any atom is 0.340 e. The van der Waals surface area contributed by atoms with Crippen LogP contribution < -0.4 is 16.3 Å². The first-order chi connectivity index (χ1) is 16.6. The van der Waals surface area contributed by atoms with Crippen molar-refractivity contribution in [1.82, 2.24) is 10.6 Å². The summed E-state index contributed by atoms with van der Waals surface area (Å²) in [6, 6.07) is 5.66. The lowest BCUT2D eigenvalue weighted by atomic mass is 9.94. The van der Waals surface area contributed by atoms with Gasteiger partial charge in [0, 0.05) is 29.8 Å². The van der Waals surface area contributed by atoms with Gasteiger partial charge in [0.15, 0.2) is 5.76 Å². The summed E-state index contributed by atoms with van der Waals surface area (Å²) in [7, 11) is 0. The molecule has 0 saturated heterocycles. The highest BCUT2D eigenvalue weighted by Crippen LogP contribution is 2.49. The first-order valence-electron chi connectivity index (χ1n) is 10.4. The second-order valence-corrected chi connectivity index (χ2v) is 8.11. The maximum absolute atomic E-state index is 14.5. The predicted octanol–water partition coefficient (Wildman–Crippen LogP) is 3.22. The number of rotatable bonds is 7. The van der Waals surface area contributed by atoms with E-state index >= 15 is 0 Å². The Bertz CT molecular complexity index is 1370. The minimum absolute atomic E-state index is 0.120. The summed E-state index contributed by atoms with van der Waals surface area (Å²) in [6.07, 6.45) is 0.491. The number of hydrogen-bond donors (Lipinski definition) is 3. The SMILES string of the molecule is O=C(NC(CNC(=O)C1(c2cc(F)ccc2F)CC1)c1ccc(F)cc1F)c1cc(O)cc(=O)o1. The normalized spacial score (nSPS) is 14.7. The average Bonchev–Trinajstić information content (AvgIpc) is 3.59. The summed E-state index contributed by atoms with van der Waals surface area (Å²) in [5, 5.41) is 14.4. The van der Waals surface area contributed by atoms with Crippen LogP contribution in [-0.2, 0) is 10.2 Å². The van der Waals surface area contributed by atoms with Crippen LogP contribution in [0.25, 0.3) is 0 Å². The highest BCUT2D eigenvalue weighted by atomic mass is 19.1. The molecule has 35 heavy (non-hydrogen) atoms. The summed E-state index contributed by atoms with van der Waals surface area (Å²) in [5.41, 5.74) is -2.66. The van der Waals surface area contributed by atoms with Crippen molar-refractivity contribution in [2.24, 2.45) is 0 Å². The molecule has 1 unspecified atom stereocenters. The molecule has 1 heterocycles. The highest BCUT2D eigenvalue weighted by molar-refractivity contribution is 5.93. The Morgan fingerprint density at radius 1 is 0.971 bits per heavy atom. The Morgan fingerprint density at radius 2 is 1.66 bits per heavy atom. The van der Waals surface area contributed by atoms with E-state index in [1.54, 1.807) is 0 Å². The fourth-order valence-electron chi connectivity index (χ4n) is 3.80. The van der Waals surface area contributed by atoms with E-state index in [0.717, 1.165) is 42.5 Å². The van der Waals surface area contributed by atoms with Crippen LogP contribution in [0, 0.1) is 23.3 Å². The van der Waals surface area contributed by atoms with E-state index in [0.29, 0.717) is 6.07 Å². The Labute approximate surface area is 195 Å². The van der Waals surface area contributed by atoms with E-state index < -0.39 is 70.2 Å². The van der Waals surface area contributed by atoms with Gasteiger partial charge in [-0.05, 0) is 37.1 Å². The van der Waals surface area contributed by atoms with Crippen molar-refractivity contribution in [1.29, 1.82) is 0 Å². The van der Waals surface area contributed by atoms with Gasteiger partial charge in [-0.25, -0.2) is 22.4 Å². The molecule has 1 fully saturated rings. The van der Waals surface area contributed by atoms with Gasteiger partial charge in [-0.3, -0.25) is 9.59 Å². The molecular weight excluding hydrogens is 472 g/mol. The minimum Gasteiger partial charge on any atom is -0.508 e. The van der Waals surface area contributed by atoms with E-state index in [4.69, 9.17) is 4.42 Å². The molecule has 2 aromatic carbocycles. The fraction of sp³-hybridized carbons (Fsp3) is 0.208. The molecular formula is C24H18F4N2O5. The maximum atomic E-state index is 14.5. The van der Waals surface area contributed by atoms with Crippen molar-refractivity contribution in [3.63, 3.8) is 0 Å². The van der Waals surface area contributed by atoms with Gasteiger partial charge in [0.1, 0.15) is 29.0 Å². The predicted molar refractivity (Wildman–Crippen MR) is 113 cm³/mol. The van der Waals surface area contributed by atoms with Crippen molar-refractivity contribution in [3.05, 3.63) is 99.1 Å². The summed E-state index contributed by atoms with van der Waals surface area (Å²) in [5.74, 6) is -6.21. The third kappa shape index (κ3) is 5.03. The van der Waals surface area contributed by atoms with E-state index in [9.17, 15) is 37.1 Å². The Hall–Kier alpha value is -4.15. The number of amides is 2. The van der Waals surface area contributed by atoms with E-state index in [1.165, 1.54) is 0 Å². The van der Waals surface area contributed by atoms with Crippen LogP contribution in [0.1, 0.15) is 40.6 Å². The topological polar surface area (TPSA) is 109 Å². The van der Waals surface area contributed by atoms with Crippen molar-refractivity contribution >= 4 is 11.8 Å². The number of aromatic hydroxyl groups is 1. The van der Waals surface area contributed by atoms with E-state index in [-0.39, 0.29) is 24.0 Å². The van der Waals surface area contributed by atoms with Gasteiger partial charge in [-0.15, -0.1) is 0 Å². The van der Waals surface area contributed by atoms with Crippen LogP contribution >= 0.6 is 0 Å². The number of halogens is 4. The largest absolute Gasteiger partial charge is 0.508 e. The van der Waals surface area contributed by atoms with Gasteiger partial charge in [-0.2, -0.15) is 0 Å².